The fraction of sp³-hybridized carbons (Fsp3) is 0.600. The summed E-state index contributed by atoms with van der Waals surface area (Å²) in [7, 11) is 1.49. The van der Waals surface area contributed by atoms with E-state index >= 15 is 0 Å². The van der Waals surface area contributed by atoms with Gasteiger partial charge in [-0.15, -0.1) is 0 Å². The smallest absolute Gasteiger partial charge is 0.311 e. The molecule has 2 aliphatic carbocycles. The summed E-state index contributed by atoms with van der Waals surface area (Å²) >= 11 is 0. The van der Waals surface area contributed by atoms with Crippen LogP contribution in [0.2, 0.25) is 0 Å². The molecule has 1 aromatic carbocycles. The number of aryl methyl sites for hydroxylation is 1. The third kappa shape index (κ3) is 2.52. The van der Waals surface area contributed by atoms with Crippen LogP contribution in [0.25, 0.3) is 0 Å². The summed E-state index contributed by atoms with van der Waals surface area (Å²) in [6, 6.07) is 5.95. The zero-order valence-electron chi connectivity index (χ0n) is 15.0. The van der Waals surface area contributed by atoms with Crippen molar-refractivity contribution in [3.05, 3.63) is 29.3 Å². The predicted molar refractivity (Wildman–Crippen MR) is 90.9 cm³/mol. The fourth-order valence-corrected chi connectivity index (χ4v) is 5.17. The molecule has 24 heavy (non-hydrogen) atoms. The molecule has 0 N–H and O–H groups in total. The second-order valence-corrected chi connectivity index (χ2v) is 7.68. The van der Waals surface area contributed by atoms with E-state index in [1.54, 1.807) is 0 Å². The average Bonchev–Trinajstić information content (AvgIpc) is 2.53. The third-order valence-electron chi connectivity index (χ3n) is 6.24. The Kier molecular flexibility index (Phi) is 4.18. The Morgan fingerprint density at radius 1 is 1.21 bits per heavy atom. The molecule has 4 heteroatoms. The number of esters is 2. The highest BCUT2D eigenvalue weighted by atomic mass is 16.5. The van der Waals surface area contributed by atoms with Crippen LogP contribution < -0.4 is 4.74 Å². The number of fused-ring (bicyclic) bond motifs is 3. The van der Waals surface area contributed by atoms with Crippen LogP contribution in [-0.2, 0) is 26.2 Å². The van der Waals surface area contributed by atoms with Gasteiger partial charge in [-0.25, -0.2) is 0 Å². The molecule has 3 atom stereocenters. The maximum atomic E-state index is 12.5. The molecule has 0 aromatic heterocycles. The quantitative estimate of drug-likeness (QED) is 0.611. The summed E-state index contributed by atoms with van der Waals surface area (Å²) in [4.78, 5) is 23.7. The number of hydrogen-bond acceptors (Lipinski definition) is 4. The molecule has 130 valence electrons. The molecule has 1 saturated carbocycles. The Labute approximate surface area is 143 Å². The first-order chi connectivity index (χ1) is 11.3. The molecule has 1 aromatic rings. The molecule has 0 unspecified atom stereocenters. The lowest BCUT2D eigenvalue weighted by Gasteiger charge is -2.54. The second-order valence-electron chi connectivity index (χ2n) is 7.68. The summed E-state index contributed by atoms with van der Waals surface area (Å²) in [6.45, 7) is 5.76. The molecule has 0 aliphatic heterocycles. The molecule has 0 saturated heterocycles. The molecule has 0 radical (unpaired) electrons. The van der Waals surface area contributed by atoms with E-state index in [1.807, 2.05) is 12.1 Å². The number of methoxy groups -OCH3 is 1. The standard InChI is InChI=1S/C20H26O4/c1-13(21)24-15-7-8-16-14(12-15)6-9-17-19(16,2)10-5-11-20(17,3)18(22)23-4/h7-8,12,17H,5-6,9-11H2,1-4H3/t17-,19-,20+/m1/s1. The molecule has 3 rings (SSSR count). The van der Waals surface area contributed by atoms with Crippen LogP contribution in [0.3, 0.4) is 0 Å². The Morgan fingerprint density at radius 2 is 1.96 bits per heavy atom. The van der Waals surface area contributed by atoms with Crippen LogP contribution >= 0.6 is 0 Å². The highest BCUT2D eigenvalue weighted by molar-refractivity contribution is 5.77. The topological polar surface area (TPSA) is 52.6 Å². The van der Waals surface area contributed by atoms with Gasteiger partial charge in [0.05, 0.1) is 12.5 Å². The number of ether oxygens (including phenoxy) is 2. The van der Waals surface area contributed by atoms with Crippen molar-refractivity contribution in [3.8, 4) is 5.75 Å². The Bertz CT molecular complexity index is 680. The summed E-state index contributed by atoms with van der Waals surface area (Å²) in [5.41, 5.74) is 2.07. The van der Waals surface area contributed by atoms with Crippen molar-refractivity contribution in [1.29, 1.82) is 0 Å². The van der Waals surface area contributed by atoms with Crippen LogP contribution in [0.15, 0.2) is 18.2 Å². The van der Waals surface area contributed by atoms with Crippen molar-refractivity contribution in [2.45, 2.75) is 58.3 Å². The summed E-state index contributed by atoms with van der Waals surface area (Å²) < 4.78 is 10.4. The number of hydrogen-bond donors (Lipinski definition) is 0. The fourth-order valence-electron chi connectivity index (χ4n) is 5.17. The van der Waals surface area contributed by atoms with E-state index in [2.05, 4.69) is 19.9 Å². The summed E-state index contributed by atoms with van der Waals surface area (Å²) in [5, 5.41) is 0. The number of carbonyl (C=O) groups excluding carboxylic acids is 2. The van der Waals surface area contributed by atoms with Crippen LogP contribution in [-0.4, -0.2) is 19.0 Å². The Balaban J connectivity index is 2.01. The Morgan fingerprint density at radius 3 is 2.62 bits per heavy atom. The third-order valence-corrected chi connectivity index (χ3v) is 6.24. The van der Waals surface area contributed by atoms with Gasteiger partial charge in [0.15, 0.2) is 0 Å². The van der Waals surface area contributed by atoms with Crippen molar-refractivity contribution in [2.75, 3.05) is 7.11 Å². The summed E-state index contributed by atoms with van der Waals surface area (Å²) in [6.07, 6.45) is 4.84. The minimum absolute atomic E-state index is 0.0382. The van der Waals surface area contributed by atoms with Crippen molar-refractivity contribution >= 4 is 11.9 Å². The van der Waals surface area contributed by atoms with Gasteiger partial charge in [-0.2, -0.15) is 0 Å². The van der Waals surface area contributed by atoms with Crippen LogP contribution in [0.4, 0.5) is 0 Å². The maximum Gasteiger partial charge on any atom is 0.311 e. The molecular weight excluding hydrogens is 304 g/mol. The molecule has 2 aliphatic rings. The first-order valence-electron chi connectivity index (χ1n) is 8.71. The number of benzene rings is 1. The van der Waals surface area contributed by atoms with E-state index in [0.717, 1.165) is 32.1 Å². The SMILES string of the molecule is COC(=O)[C@@]1(C)CCC[C@]2(C)c3ccc(OC(C)=O)cc3CC[C@@H]12. The first kappa shape index (κ1) is 17.0. The van der Waals surface area contributed by atoms with E-state index in [4.69, 9.17) is 9.47 Å². The largest absolute Gasteiger partial charge is 0.469 e. The molecule has 4 nitrogen and oxygen atoms in total. The predicted octanol–water partition coefficient (Wildman–Crippen LogP) is 3.80. The van der Waals surface area contributed by atoms with E-state index in [-0.39, 0.29) is 23.3 Å². The van der Waals surface area contributed by atoms with Gasteiger partial charge in [0.1, 0.15) is 5.75 Å². The number of carbonyl (C=O) groups is 2. The zero-order valence-corrected chi connectivity index (χ0v) is 15.0. The highest BCUT2D eigenvalue weighted by Gasteiger charge is 2.55. The molecule has 0 bridgehead atoms. The van der Waals surface area contributed by atoms with E-state index in [9.17, 15) is 9.59 Å². The van der Waals surface area contributed by atoms with E-state index < -0.39 is 5.41 Å². The van der Waals surface area contributed by atoms with Gasteiger partial charge in [0.25, 0.3) is 0 Å². The van der Waals surface area contributed by atoms with Gasteiger partial charge in [-0.1, -0.05) is 19.4 Å². The van der Waals surface area contributed by atoms with Crippen LogP contribution in [0.1, 0.15) is 57.6 Å². The monoisotopic (exact) mass is 330 g/mol. The summed E-state index contributed by atoms with van der Waals surface area (Å²) in [5.74, 6) is 0.498. The van der Waals surface area contributed by atoms with Crippen molar-refractivity contribution in [1.82, 2.24) is 0 Å². The maximum absolute atomic E-state index is 12.5. The van der Waals surface area contributed by atoms with Crippen molar-refractivity contribution in [2.24, 2.45) is 11.3 Å². The van der Waals surface area contributed by atoms with Gasteiger partial charge >= 0.3 is 11.9 Å². The molecule has 1 fully saturated rings. The minimum Gasteiger partial charge on any atom is -0.469 e. The highest BCUT2D eigenvalue weighted by Crippen LogP contribution is 2.57. The number of rotatable bonds is 2. The van der Waals surface area contributed by atoms with Crippen molar-refractivity contribution in [3.63, 3.8) is 0 Å². The van der Waals surface area contributed by atoms with Gasteiger partial charge in [0, 0.05) is 6.92 Å². The lowest BCUT2D eigenvalue weighted by molar-refractivity contribution is -0.161. The van der Waals surface area contributed by atoms with Gasteiger partial charge in [-0.05, 0) is 67.2 Å². The van der Waals surface area contributed by atoms with Crippen LogP contribution in [0, 0.1) is 11.3 Å². The van der Waals surface area contributed by atoms with E-state index in [1.165, 1.54) is 25.2 Å². The van der Waals surface area contributed by atoms with Crippen molar-refractivity contribution < 1.29 is 19.1 Å². The first-order valence-corrected chi connectivity index (χ1v) is 8.71. The Hall–Kier alpha value is -1.84. The van der Waals surface area contributed by atoms with E-state index in [0.29, 0.717) is 5.75 Å². The lowest BCUT2D eigenvalue weighted by atomic mass is 9.50. The molecule has 0 amide bonds. The molecule has 0 spiro atoms. The molecular formula is C20H26O4. The normalized spacial score (nSPS) is 31.6. The van der Waals surface area contributed by atoms with Gasteiger partial charge in [0.2, 0.25) is 0 Å². The molecule has 0 heterocycles. The average molecular weight is 330 g/mol. The van der Waals surface area contributed by atoms with Gasteiger partial charge < -0.3 is 9.47 Å². The second kappa shape index (κ2) is 5.91. The lowest BCUT2D eigenvalue weighted by Crippen LogP contribution is -2.52. The minimum atomic E-state index is -0.423. The van der Waals surface area contributed by atoms with Gasteiger partial charge in [-0.3, -0.25) is 9.59 Å². The van der Waals surface area contributed by atoms with Crippen LogP contribution in [0.5, 0.6) is 5.75 Å². The zero-order chi connectivity index (χ0) is 17.5.